The van der Waals surface area contributed by atoms with Crippen molar-refractivity contribution in [2.75, 3.05) is 0 Å². The monoisotopic (exact) mass is 313 g/mol. The van der Waals surface area contributed by atoms with Gasteiger partial charge in [-0.3, -0.25) is 19.5 Å². The molecule has 1 atom stereocenters. The predicted molar refractivity (Wildman–Crippen MR) is 80.4 cm³/mol. The van der Waals surface area contributed by atoms with Crippen molar-refractivity contribution in [3.63, 3.8) is 0 Å². The maximum Gasteiger partial charge on any atom is 0.329 e. The highest BCUT2D eigenvalue weighted by molar-refractivity contribution is 6.03. The van der Waals surface area contributed by atoms with E-state index in [1.807, 2.05) is 12.1 Å². The molecule has 0 saturated carbocycles. The molecule has 2 aliphatic heterocycles. The number of aliphatic hydroxyl groups excluding tert-OH is 1. The van der Waals surface area contributed by atoms with Gasteiger partial charge in [-0.25, -0.2) is 4.79 Å². The molecule has 1 unspecified atom stereocenters. The van der Waals surface area contributed by atoms with Crippen molar-refractivity contribution in [3.05, 3.63) is 35.5 Å². The maximum atomic E-state index is 12.7. The van der Waals surface area contributed by atoms with Crippen molar-refractivity contribution in [3.8, 4) is 0 Å². The third kappa shape index (κ3) is 2.04. The van der Waals surface area contributed by atoms with Crippen LogP contribution in [-0.2, 0) is 22.7 Å². The molecule has 118 valence electrons. The van der Waals surface area contributed by atoms with Crippen LogP contribution in [0, 0.1) is 0 Å². The minimum atomic E-state index is -0.605. The van der Waals surface area contributed by atoms with Crippen molar-refractivity contribution in [2.45, 2.75) is 32.0 Å². The van der Waals surface area contributed by atoms with E-state index in [0.717, 1.165) is 22.2 Å². The Morgan fingerprint density at radius 1 is 1.22 bits per heavy atom. The number of imide groups is 1. The Kier molecular flexibility index (Phi) is 2.99. The lowest BCUT2D eigenvalue weighted by Gasteiger charge is -2.28. The Morgan fingerprint density at radius 2 is 2.04 bits per heavy atom. The van der Waals surface area contributed by atoms with Gasteiger partial charge in [-0.05, 0) is 30.2 Å². The summed E-state index contributed by atoms with van der Waals surface area (Å²) in [5, 5.41) is 12.4. The zero-order valence-electron chi connectivity index (χ0n) is 12.3. The molecule has 2 aromatic rings. The molecule has 1 aromatic heterocycles. The second kappa shape index (κ2) is 4.92. The van der Waals surface area contributed by atoms with E-state index in [4.69, 9.17) is 0 Å². The highest BCUT2D eigenvalue weighted by Gasteiger charge is 2.39. The summed E-state index contributed by atoms with van der Waals surface area (Å²) in [5.74, 6) is -0.702. The number of hydrogen-bond donors (Lipinski definition) is 2. The molecule has 7 heteroatoms. The Hall–Kier alpha value is -2.67. The summed E-state index contributed by atoms with van der Waals surface area (Å²) in [6.07, 6.45) is 0.601. The molecule has 2 aliphatic rings. The average molecular weight is 313 g/mol. The fourth-order valence-corrected chi connectivity index (χ4v) is 3.36. The van der Waals surface area contributed by atoms with Gasteiger partial charge in [-0.15, -0.1) is 0 Å². The second-order valence-corrected chi connectivity index (χ2v) is 5.90. The third-order valence-corrected chi connectivity index (χ3v) is 4.48. The summed E-state index contributed by atoms with van der Waals surface area (Å²) in [4.78, 5) is 37.5. The number of piperidine rings is 1. The van der Waals surface area contributed by atoms with Crippen LogP contribution in [0.5, 0.6) is 0 Å². The molecule has 3 heterocycles. The third-order valence-electron chi connectivity index (χ3n) is 4.48. The number of hydrogen-bond acceptors (Lipinski definition) is 4. The van der Waals surface area contributed by atoms with Gasteiger partial charge in [0.2, 0.25) is 11.8 Å². The van der Waals surface area contributed by atoms with E-state index >= 15 is 0 Å². The van der Waals surface area contributed by atoms with Crippen LogP contribution in [0.3, 0.4) is 0 Å². The molecule has 1 aromatic carbocycles. The molecule has 1 saturated heterocycles. The first-order chi connectivity index (χ1) is 11.1. The maximum absolute atomic E-state index is 12.7. The lowest BCUT2D eigenvalue weighted by atomic mass is 10.0. The number of nitrogens with zero attached hydrogens (tertiary/aromatic N) is 2. The Balaban J connectivity index is 1.69. The Bertz CT molecular complexity index is 854. The van der Waals surface area contributed by atoms with E-state index in [1.54, 1.807) is 16.7 Å². The minimum absolute atomic E-state index is 0.0488. The average Bonchev–Trinajstić information content (AvgIpc) is 3.03. The molecule has 2 N–H and O–H groups in total. The highest BCUT2D eigenvalue weighted by atomic mass is 16.3. The largest absolute Gasteiger partial charge is 0.392 e. The van der Waals surface area contributed by atoms with Gasteiger partial charge in [0.25, 0.3) is 0 Å². The van der Waals surface area contributed by atoms with Gasteiger partial charge in [0.05, 0.1) is 18.7 Å². The molecule has 0 aliphatic carbocycles. The number of carbonyl (C=O) groups is 3. The molecule has 23 heavy (non-hydrogen) atoms. The summed E-state index contributed by atoms with van der Waals surface area (Å²) in [6, 6.07) is 6.48. The van der Waals surface area contributed by atoms with Crippen LogP contribution < -0.4 is 5.32 Å². The standard InChI is InChI=1S/C16H15N3O4/c20-8-9-1-2-12-10(5-9)6-11-7-18(16(23)19(11)12)13-3-4-14(21)17-15(13)22/h1-2,5-6,13,20H,3-4,7-8H2,(H,17,21,22). The van der Waals surface area contributed by atoms with E-state index in [0.29, 0.717) is 13.0 Å². The quantitative estimate of drug-likeness (QED) is 0.799. The van der Waals surface area contributed by atoms with E-state index in [2.05, 4.69) is 5.32 Å². The fraction of sp³-hybridized carbons (Fsp3) is 0.312. The summed E-state index contributed by atoms with van der Waals surface area (Å²) in [5.41, 5.74) is 2.36. The summed E-state index contributed by atoms with van der Waals surface area (Å²) < 4.78 is 1.60. The molecule has 4 rings (SSSR count). The van der Waals surface area contributed by atoms with Crippen molar-refractivity contribution >= 4 is 28.7 Å². The molecule has 7 nitrogen and oxygen atoms in total. The predicted octanol–water partition coefficient (Wildman–Crippen LogP) is 0.722. The first-order valence-corrected chi connectivity index (χ1v) is 7.47. The molecule has 1 fully saturated rings. The van der Waals surface area contributed by atoms with Gasteiger partial charge in [0.15, 0.2) is 0 Å². The van der Waals surface area contributed by atoms with Crippen LogP contribution in [0.15, 0.2) is 24.3 Å². The highest BCUT2D eigenvalue weighted by Crippen LogP contribution is 2.30. The van der Waals surface area contributed by atoms with E-state index in [9.17, 15) is 19.5 Å². The molecule has 0 bridgehead atoms. The van der Waals surface area contributed by atoms with Gasteiger partial charge in [0.1, 0.15) is 6.04 Å². The summed E-state index contributed by atoms with van der Waals surface area (Å²) >= 11 is 0. The van der Waals surface area contributed by atoms with Crippen molar-refractivity contribution in [1.82, 2.24) is 14.8 Å². The first-order valence-electron chi connectivity index (χ1n) is 7.47. The number of nitrogens with one attached hydrogen (secondary N) is 1. The molecular formula is C16H15N3O4. The Labute approximate surface area is 131 Å². The summed E-state index contributed by atoms with van der Waals surface area (Å²) in [6.45, 7) is 0.293. The van der Waals surface area contributed by atoms with Crippen LogP contribution in [0.25, 0.3) is 10.9 Å². The second-order valence-electron chi connectivity index (χ2n) is 5.90. The van der Waals surface area contributed by atoms with Crippen LogP contribution in [-0.4, -0.2) is 38.5 Å². The smallest absolute Gasteiger partial charge is 0.329 e. The van der Waals surface area contributed by atoms with Crippen molar-refractivity contribution in [1.29, 1.82) is 0 Å². The SMILES string of the molecule is O=C1CCC(N2Cc3cc4cc(CO)ccc4n3C2=O)C(=O)N1. The topological polar surface area (TPSA) is 91.6 Å². The number of rotatable bonds is 2. The van der Waals surface area contributed by atoms with Gasteiger partial charge < -0.3 is 10.0 Å². The first kappa shape index (κ1) is 14.0. The van der Waals surface area contributed by atoms with E-state index in [1.165, 1.54) is 4.90 Å². The lowest BCUT2D eigenvalue weighted by Crippen LogP contribution is -2.52. The molecule has 0 radical (unpaired) electrons. The van der Waals surface area contributed by atoms with Gasteiger partial charge in [-0.1, -0.05) is 6.07 Å². The molecule has 3 amide bonds. The number of aliphatic hydroxyl groups is 1. The van der Waals surface area contributed by atoms with Crippen LogP contribution in [0.2, 0.25) is 0 Å². The zero-order chi connectivity index (χ0) is 16.1. The number of fused-ring (bicyclic) bond motifs is 3. The molecule has 0 spiro atoms. The van der Waals surface area contributed by atoms with E-state index < -0.39 is 11.9 Å². The van der Waals surface area contributed by atoms with Crippen LogP contribution >= 0.6 is 0 Å². The zero-order valence-corrected chi connectivity index (χ0v) is 12.3. The lowest BCUT2D eigenvalue weighted by molar-refractivity contribution is -0.136. The number of carbonyl (C=O) groups excluding carboxylic acids is 3. The van der Waals surface area contributed by atoms with Crippen LogP contribution in [0.4, 0.5) is 4.79 Å². The number of benzene rings is 1. The number of aromatic nitrogens is 1. The summed E-state index contributed by atoms with van der Waals surface area (Å²) in [7, 11) is 0. The van der Waals surface area contributed by atoms with Crippen molar-refractivity contribution in [2.24, 2.45) is 0 Å². The van der Waals surface area contributed by atoms with Crippen LogP contribution in [0.1, 0.15) is 24.1 Å². The van der Waals surface area contributed by atoms with Gasteiger partial charge >= 0.3 is 6.03 Å². The fourth-order valence-electron chi connectivity index (χ4n) is 3.36. The van der Waals surface area contributed by atoms with Crippen molar-refractivity contribution < 1.29 is 19.5 Å². The number of amides is 3. The normalized spacial score (nSPS) is 21.0. The molecular weight excluding hydrogens is 298 g/mol. The Morgan fingerprint density at radius 3 is 2.78 bits per heavy atom. The van der Waals surface area contributed by atoms with Gasteiger partial charge in [-0.2, -0.15) is 0 Å². The van der Waals surface area contributed by atoms with E-state index in [-0.39, 0.29) is 25.0 Å². The van der Waals surface area contributed by atoms with Gasteiger partial charge in [0, 0.05) is 17.5 Å². The minimum Gasteiger partial charge on any atom is -0.392 e.